The fourth-order valence-corrected chi connectivity index (χ4v) is 6.52. The standard InChI is InChI=1S/C24H28N4O2/c1-26-18-4-2-11-28(18)19-16-13-24(16,21(30)20(19)29)10-7-14-5-6-15-17(12-14)27-22(25)23(15)8-3-9-23/h2,4-6,11-12,16,19-21,29-30H,1,3,7-10,13H2,(H2,25,27)/t16-,19-,20+,21+,24+/m1/s1. The molecule has 5 atom stereocenters. The molecule has 3 fully saturated rings. The van der Waals surface area contributed by atoms with Crippen molar-refractivity contribution in [3.8, 4) is 0 Å². The predicted octanol–water partition coefficient (Wildman–Crippen LogP) is 3.16. The summed E-state index contributed by atoms with van der Waals surface area (Å²) in [6, 6.07) is 10.2. The Morgan fingerprint density at radius 3 is 2.83 bits per heavy atom. The lowest BCUT2D eigenvalue weighted by Crippen LogP contribution is -2.44. The number of hydrogen-bond donors (Lipinski definition) is 3. The zero-order chi connectivity index (χ0) is 20.7. The summed E-state index contributed by atoms with van der Waals surface area (Å²) in [6.07, 6.45) is 6.51. The Morgan fingerprint density at radius 1 is 1.27 bits per heavy atom. The van der Waals surface area contributed by atoms with Crippen molar-refractivity contribution in [1.82, 2.24) is 4.57 Å². The third-order valence-corrected chi connectivity index (χ3v) is 8.49. The van der Waals surface area contributed by atoms with E-state index in [0.717, 1.165) is 49.4 Å². The molecule has 6 heteroatoms. The molecular formula is C24H28N4O2. The molecule has 0 radical (unpaired) electrons. The van der Waals surface area contributed by atoms with Gasteiger partial charge in [0.15, 0.2) is 0 Å². The zero-order valence-electron chi connectivity index (χ0n) is 17.0. The van der Waals surface area contributed by atoms with Gasteiger partial charge in [0.25, 0.3) is 0 Å². The smallest absolute Gasteiger partial charge is 0.132 e. The van der Waals surface area contributed by atoms with Crippen LogP contribution in [0.15, 0.2) is 46.5 Å². The molecule has 1 aromatic heterocycles. The fraction of sp³-hybridized carbons (Fsp3) is 0.500. The maximum atomic E-state index is 10.9. The van der Waals surface area contributed by atoms with Gasteiger partial charge in [-0.3, -0.25) is 0 Å². The minimum Gasteiger partial charge on any atom is -0.390 e. The van der Waals surface area contributed by atoms with Gasteiger partial charge in [-0.25, -0.2) is 9.98 Å². The van der Waals surface area contributed by atoms with Gasteiger partial charge in [0.2, 0.25) is 0 Å². The summed E-state index contributed by atoms with van der Waals surface area (Å²) in [5.74, 6) is 1.78. The maximum absolute atomic E-state index is 10.9. The Morgan fingerprint density at radius 2 is 2.10 bits per heavy atom. The first-order chi connectivity index (χ1) is 14.5. The number of aryl methyl sites for hydroxylation is 1. The summed E-state index contributed by atoms with van der Waals surface area (Å²) in [4.78, 5) is 8.74. The van der Waals surface area contributed by atoms with Crippen molar-refractivity contribution in [2.75, 3.05) is 0 Å². The number of aliphatic hydroxyl groups is 2. The number of amidine groups is 1. The van der Waals surface area contributed by atoms with E-state index in [4.69, 9.17) is 5.73 Å². The molecule has 1 spiro atoms. The lowest BCUT2D eigenvalue weighted by molar-refractivity contribution is -0.0194. The van der Waals surface area contributed by atoms with Crippen LogP contribution < -0.4 is 5.73 Å². The molecular weight excluding hydrogens is 376 g/mol. The molecule has 30 heavy (non-hydrogen) atoms. The molecule has 156 valence electrons. The summed E-state index contributed by atoms with van der Waals surface area (Å²) in [6.45, 7) is 3.63. The zero-order valence-corrected chi connectivity index (χ0v) is 17.0. The van der Waals surface area contributed by atoms with Crippen LogP contribution in [0.1, 0.15) is 49.3 Å². The van der Waals surface area contributed by atoms with E-state index >= 15 is 0 Å². The SMILES string of the molecule is C=Nc1cccn1[C@H]1[C@H](O)[C@H](O)[C@@]2(CCc3ccc4c(c3)N=C(N)C43CCC3)C[C@H]12. The average molecular weight is 405 g/mol. The highest BCUT2D eigenvalue weighted by molar-refractivity contribution is 6.00. The third kappa shape index (κ3) is 2.21. The van der Waals surface area contributed by atoms with Crippen LogP contribution in [-0.2, 0) is 11.8 Å². The molecule has 0 bridgehead atoms. The third-order valence-electron chi connectivity index (χ3n) is 8.49. The van der Waals surface area contributed by atoms with Crippen molar-refractivity contribution < 1.29 is 10.2 Å². The number of nitrogens with two attached hydrogens (primary N) is 1. The second kappa shape index (κ2) is 6.05. The molecule has 0 saturated heterocycles. The van der Waals surface area contributed by atoms with Crippen LogP contribution in [-0.4, -0.2) is 39.5 Å². The number of hydrogen-bond acceptors (Lipinski definition) is 5. The Hall–Kier alpha value is -2.44. The fourth-order valence-electron chi connectivity index (χ4n) is 6.52. The number of aliphatic hydroxyl groups excluding tert-OH is 2. The highest BCUT2D eigenvalue weighted by Gasteiger charge is 2.70. The Bertz CT molecular complexity index is 1070. The van der Waals surface area contributed by atoms with Crippen molar-refractivity contribution in [1.29, 1.82) is 0 Å². The summed E-state index contributed by atoms with van der Waals surface area (Å²) >= 11 is 0. The van der Waals surface area contributed by atoms with Gasteiger partial charge in [-0.2, -0.15) is 0 Å². The topological polar surface area (TPSA) is 96.1 Å². The number of fused-ring (bicyclic) bond motifs is 3. The van der Waals surface area contributed by atoms with Gasteiger partial charge in [-0.05, 0) is 74.1 Å². The molecule has 0 amide bonds. The van der Waals surface area contributed by atoms with E-state index in [2.05, 4.69) is 34.9 Å². The molecule has 3 aliphatic carbocycles. The van der Waals surface area contributed by atoms with E-state index < -0.39 is 12.2 Å². The van der Waals surface area contributed by atoms with Crippen LogP contribution in [0, 0.1) is 11.3 Å². The van der Waals surface area contributed by atoms with Gasteiger partial charge >= 0.3 is 0 Å². The summed E-state index contributed by atoms with van der Waals surface area (Å²) in [5.41, 5.74) is 9.58. The van der Waals surface area contributed by atoms with Crippen LogP contribution in [0.3, 0.4) is 0 Å². The van der Waals surface area contributed by atoms with E-state index in [0.29, 0.717) is 0 Å². The average Bonchev–Trinajstić information content (AvgIpc) is 3.00. The maximum Gasteiger partial charge on any atom is 0.132 e. The first kappa shape index (κ1) is 18.3. The van der Waals surface area contributed by atoms with Gasteiger partial charge in [-0.1, -0.05) is 18.6 Å². The van der Waals surface area contributed by atoms with E-state index in [9.17, 15) is 10.2 Å². The number of benzene rings is 1. The number of nitrogens with zero attached hydrogens (tertiary/aromatic N) is 3. The van der Waals surface area contributed by atoms with Gasteiger partial charge < -0.3 is 20.5 Å². The second-order valence-electron chi connectivity index (χ2n) is 9.69. The Labute approximate surface area is 176 Å². The molecule has 0 unspecified atom stereocenters. The van der Waals surface area contributed by atoms with Crippen LogP contribution >= 0.6 is 0 Å². The van der Waals surface area contributed by atoms with Gasteiger partial charge in [0.1, 0.15) is 17.8 Å². The molecule has 4 aliphatic rings. The predicted molar refractivity (Wildman–Crippen MR) is 117 cm³/mol. The molecule has 3 saturated carbocycles. The lowest BCUT2D eigenvalue weighted by atomic mass is 9.64. The minimum absolute atomic E-state index is 0.000770. The Balaban J connectivity index is 1.22. The molecule has 4 N–H and O–H groups in total. The molecule has 6 rings (SSSR count). The van der Waals surface area contributed by atoms with Crippen LogP contribution in [0.2, 0.25) is 0 Å². The van der Waals surface area contributed by atoms with Gasteiger partial charge in [0.05, 0.1) is 23.2 Å². The van der Waals surface area contributed by atoms with Gasteiger partial charge in [0, 0.05) is 11.6 Å². The number of aliphatic imine (C=N–C) groups is 2. The normalized spacial score (nSPS) is 34.9. The largest absolute Gasteiger partial charge is 0.390 e. The highest BCUT2D eigenvalue weighted by Crippen LogP contribution is 2.70. The van der Waals surface area contributed by atoms with Crippen molar-refractivity contribution in [3.05, 3.63) is 47.7 Å². The molecule has 1 aliphatic heterocycles. The molecule has 2 heterocycles. The van der Waals surface area contributed by atoms with Crippen molar-refractivity contribution >= 4 is 24.1 Å². The quantitative estimate of drug-likeness (QED) is 0.668. The van der Waals surface area contributed by atoms with Crippen molar-refractivity contribution in [3.63, 3.8) is 0 Å². The van der Waals surface area contributed by atoms with Crippen LogP contribution in [0.5, 0.6) is 0 Å². The Kier molecular flexibility index (Phi) is 3.70. The molecule has 2 aromatic rings. The van der Waals surface area contributed by atoms with E-state index in [1.54, 1.807) is 0 Å². The first-order valence-corrected chi connectivity index (χ1v) is 11.0. The van der Waals surface area contributed by atoms with E-state index in [1.807, 2.05) is 22.9 Å². The van der Waals surface area contributed by atoms with E-state index in [1.165, 1.54) is 17.5 Å². The van der Waals surface area contributed by atoms with Crippen molar-refractivity contribution in [2.45, 2.75) is 62.2 Å². The highest BCUT2D eigenvalue weighted by atomic mass is 16.3. The number of rotatable bonds is 5. The lowest BCUT2D eigenvalue weighted by Gasteiger charge is -2.38. The monoisotopic (exact) mass is 404 g/mol. The summed E-state index contributed by atoms with van der Waals surface area (Å²) in [5, 5.41) is 21.7. The van der Waals surface area contributed by atoms with Crippen LogP contribution in [0.25, 0.3) is 0 Å². The summed E-state index contributed by atoms with van der Waals surface area (Å²) in [7, 11) is 0. The minimum atomic E-state index is -0.778. The first-order valence-electron chi connectivity index (χ1n) is 11.0. The van der Waals surface area contributed by atoms with Crippen LogP contribution in [0.4, 0.5) is 11.5 Å². The molecule has 6 nitrogen and oxygen atoms in total. The van der Waals surface area contributed by atoms with Gasteiger partial charge in [-0.15, -0.1) is 0 Å². The second-order valence-corrected chi connectivity index (χ2v) is 9.69. The summed E-state index contributed by atoms with van der Waals surface area (Å²) < 4.78 is 1.98. The van der Waals surface area contributed by atoms with E-state index in [-0.39, 0.29) is 22.8 Å². The number of aromatic nitrogens is 1. The van der Waals surface area contributed by atoms with Crippen molar-refractivity contribution in [2.24, 2.45) is 27.1 Å². The molecule has 1 aromatic carbocycles.